The molecule has 1 heterocycles. The van der Waals surface area contributed by atoms with E-state index < -0.39 is 6.10 Å². The Labute approximate surface area is 114 Å². The van der Waals surface area contributed by atoms with Gasteiger partial charge in [-0.3, -0.25) is 0 Å². The molecule has 0 saturated heterocycles. The molecule has 0 radical (unpaired) electrons. The summed E-state index contributed by atoms with van der Waals surface area (Å²) >= 11 is 0. The van der Waals surface area contributed by atoms with E-state index in [-0.39, 0.29) is 12.2 Å². The Morgan fingerprint density at radius 2 is 2.16 bits per heavy atom. The van der Waals surface area contributed by atoms with Crippen LogP contribution < -0.4 is 9.47 Å². The number of hydrogen-bond acceptors (Lipinski definition) is 4. The minimum absolute atomic E-state index is 0.192. The molecule has 106 valence electrons. The molecule has 1 unspecified atom stereocenters. The molecule has 1 aromatic carbocycles. The Kier molecular flexibility index (Phi) is 4.32. The molecule has 1 aromatic rings. The molecular weight excluding hydrogens is 244 g/mol. The standard InChI is InChI=1S/C15H22O4/c1-15(2)10-13(17)12-6-5-11(9-14(12)19-15)18-8-4-3-7-16/h5-6,9,13,16-17H,3-4,7-8,10H2,1-2H3. The van der Waals surface area contributed by atoms with Gasteiger partial charge >= 0.3 is 0 Å². The number of unbranched alkanes of at least 4 members (excludes halogenated alkanes) is 1. The van der Waals surface area contributed by atoms with Crippen molar-refractivity contribution >= 4 is 0 Å². The third-order valence-corrected chi connectivity index (χ3v) is 3.24. The van der Waals surface area contributed by atoms with Gasteiger partial charge in [-0.2, -0.15) is 0 Å². The topological polar surface area (TPSA) is 58.9 Å². The van der Waals surface area contributed by atoms with Gasteiger partial charge in [0.05, 0.1) is 12.7 Å². The van der Waals surface area contributed by atoms with E-state index >= 15 is 0 Å². The summed E-state index contributed by atoms with van der Waals surface area (Å²) in [5, 5.41) is 18.8. The van der Waals surface area contributed by atoms with Crippen molar-refractivity contribution in [3.05, 3.63) is 23.8 Å². The van der Waals surface area contributed by atoms with E-state index in [9.17, 15) is 5.11 Å². The Morgan fingerprint density at radius 3 is 2.89 bits per heavy atom. The first kappa shape index (κ1) is 14.2. The van der Waals surface area contributed by atoms with E-state index in [4.69, 9.17) is 14.6 Å². The predicted octanol–water partition coefficient (Wildman–Crippen LogP) is 2.43. The van der Waals surface area contributed by atoms with Gasteiger partial charge in [0, 0.05) is 24.7 Å². The maximum Gasteiger partial charge on any atom is 0.129 e. The van der Waals surface area contributed by atoms with Gasteiger partial charge in [0.15, 0.2) is 0 Å². The van der Waals surface area contributed by atoms with Crippen molar-refractivity contribution < 1.29 is 19.7 Å². The molecule has 1 aliphatic heterocycles. The van der Waals surface area contributed by atoms with Crippen LogP contribution in [0.25, 0.3) is 0 Å². The molecule has 0 amide bonds. The van der Waals surface area contributed by atoms with Crippen LogP contribution >= 0.6 is 0 Å². The molecule has 2 rings (SSSR count). The SMILES string of the molecule is CC1(C)CC(O)c2ccc(OCCCCO)cc2O1. The van der Waals surface area contributed by atoms with E-state index in [0.717, 1.165) is 24.2 Å². The van der Waals surface area contributed by atoms with Crippen molar-refractivity contribution in [2.24, 2.45) is 0 Å². The second kappa shape index (κ2) is 5.80. The highest BCUT2D eigenvalue weighted by Gasteiger charge is 2.32. The zero-order valence-electron chi connectivity index (χ0n) is 11.6. The van der Waals surface area contributed by atoms with Crippen LogP contribution in [0.3, 0.4) is 0 Å². The Hall–Kier alpha value is -1.26. The van der Waals surface area contributed by atoms with Crippen LogP contribution in [0, 0.1) is 0 Å². The van der Waals surface area contributed by atoms with Gasteiger partial charge < -0.3 is 19.7 Å². The average Bonchev–Trinajstić information content (AvgIpc) is 2.32. The summed E-state index contributed by atoms with van der Waals surface area (Å²) in [5.74, 6) is 1.44. The van der Waals surface area contributed by atoms with Crippen LogP contribution in [0.2, 0.25) is 0 Å². The Balaban J connectivity index is 2.06. The summed E-state index contributed by atoms with van der Waals surface area (Å²) in [6, 6.07) is 5.54. The fraction of sp³-hybridized carbons (Fsp3) is 0.600. The van der Waals surface area contributed by atoms with Gasteiger partial charge in [0.2, 0.25) is 0 Å². The largest absolute Gasteiger partial charge is 0.493 e. The van der Waals surface area contributed by atoms with Crippen LogP contribution in [-0.2, 0) is 0 Å². The molecule has 1 aliphatic rings. The van der Waals surface area contributed by atoms with Gasteiger partial charge in [-0.15, -0.1) is 0 Å². The van der Waals surface area contributed by atoms with Crippen molar-refractivity contribution in [3.63, 3.8) is 0 Å². The lowest BCUT2D eigenvalue weighted by atomic mass is 9.92. The Morgan fingerprint density at radius 1 is 1.37 bits per heavy atom. The Bertz CT molecular complexity index is 428. The molecule has 0 spiro atoms. The van der Waals surface area contributed by atoms with E-state index in [0.29, 0.717) is 18.8 Å². The lowest BCUT2D eigenvalue weighted by molar-refractivity contribution is 0.0113. The first-order valence-electron chi connectivity index (χ1n) is 6.76. The van der Waals surface area contributed by atoms with Gasteiger partial charge in [0.25, 0.3) is 0 Å². The lowest BCUT2D eigenvalue weighted by Gasteiger charge is -2.35. The molecule has 0 bridgehead atoms. The van der Waals surface area contributed by atoms with E-state index in [1.807, 2.05) is 32.0 Å². The van der Waals surface area contributed by atoms with Gasteiger partial charge in [-0.05, 0) is 38.8 Å². The highest BCUT2D eigenvalue weighted by molar-refractivity contribution is 5.43. The van der Waals surface area contributed by atoms with Crippen molar-refractivity contribution in [2.45, 2.75) is 44.8 Å². The number of rotatable bonds is 5. The highest BCUT2D eigenvalue weighted by atomic mass is 16.5. The van der Waals surface area contributed by atoms with Crippen LogP contribution in [0.4, 0.5) is 0 Å². The molecule has 0 saturated carbocycles. The highest BCUT2D eigenvalue weighted by Crippen LogP contribution is 2.40. The maximum absolute atomic E-state index is 10.1. The third kappa shape index (κ3) is 3.61. The summed E-state index contributed by atoms with van der Waals surface area (Å²) in [6.45, 7) is 4.70. The molecule has 0 fully saturated rings. The van der Waals surface area contributed by atoms with Crippen LogP contribution in [0.5, 0.6) is 11.5 Å². The quantitative estimate of drug-likeness (QED) is 0.804. The van der Waals surface area contributed by atoms with Crippen molar-refractivity contribution in [1.29, 1.82) is 0 Å². The maximum atomic E-state index is 10.1. The number of aliphatic hydroxyl groups is 2. The van der Waals surface area contributed by atoms with Crippen LogP contribution in [0.15, 0.2) is 18.2 Å². The molecule has 19 heavy (non-hydrogen) atoms. The van der Waals surface area contributed by atoms with Crippen LogP contribution in [-0.4, -0.2) is 29.0 Å². The van der Waals surface area contributed by atoms with Gasteiger partial charge in [-0.25, -0.2) is 0 Å². The second-order valence-corrected chi connectivity index (χ2v) is 5.56. The fourth-order valence-corrected chi connectivity index (χ4v) is 2.29. The minimum atomic E-state index is -0.484. The van der Waals surface area contributed by atoms with E-state index in [1.54, 1.807) is 0 Å². The second-order valence-electron chi connectivity index (χ2n) is 5.56. The predicted molar refractivity (Wildman–Crippen MR) is 72.5 cm³/mol. The molecule has 1 atom stereocenters. The van der Waals surface area contributed by atoms with Crippen molar-refractivity contribution in [1.82, 2.24) is 0 Å². The van der Waals surface area contributed by atoms with E-state index in [2.05, 4.69) is 0 Å². The number of aliphatic hydroxyl groups excluding tert-OH is 2. The third-order valence-electron chi connectivity index (χ3n) is 3.24. The smallest absolute Gasteiger partial charge is 0.129 e. The van der Waals surface area contributed by atoms with Gasteiger partial charge in [-0.1, -0.05) is 0 Å². The first-order valence-corrected chi connectivity index (χ1v) is 6.76. The monoisotopic (exact) mass is 266 g/mol. The van der Waals surface area contributed by atoms with E-state index in [1.165, 1.54) is 0 Å². The summed E-state index contributed by atoms with van der Waals surface area (Å²) < 4.78 is 11.5. The molecule has 4 heteroatoms. The summed E-state index contributed by atoms with van der Waals surface area (Å²) in [6.07, 6.45) is 1.68. The molecule has 0 aromatic heterocycles. The average molecular weight is 266 g/mol. The summed E-state index contributed by atoms with van der Waals surface area (Å²) in [7, 11) is 0. The fourth-order valence-electron chi connectivity index (χ4n) is 2.29. The van der Waals surface area contributed by atoms with Crippen molar-refractivity contribution in [3.8, 4) is 11.5 Å². The van der Waals surface area contributed by atoms with Crippen molar-refractivity contribution in [2.75, 3.05) is 13.2 Å². The lowest BCUT2D eigenvalue weighted by Crippen LogP contribution is -2.34. The summed E-state index contributed by atoms with van der Waals surface area (Å²) in [4.78, 5) is 0. The first-order chi connectivity index (χ1) is 9.02. The number of ether oxygens (including phenoxy) is 2. The molecule has 2 N–H and O–H groups in total. The number of benzene rings is 1. The van der Waals surface area contributed by atoms with Crippen LogP contribution in [0.1, 0.15) is 44.8 Å². The molecular formula is C15H22O4. The summed E-state index contributed by atoms with van der Waals surface area (Å²) in [5.41, 5.74) is 0.462. The zero-order chi connectivity index (χ0) is 13.9. The normalized spacial score (nSPS) is 20.5. The zero-order valence-corrected chi connectivity index (χ0v) is 11.6. The van der Waals surface area contributed by atoms with Gasteiger partial charge in [0.1, 0.15) is 17.1 Å². The minimum Gasteiger partial charge on any atom is -0.493 e. The number of hydrogen-bond donors (Lipinski definition) is 2. The molecule has 0 aliphatic carbocycles. The number of fused-ring (bicyclic) bond motifs is 1. The molecule has 4 nitrogen and oxygen atoms in total.